The SMILES string of the molecule is CCOC(=O)[C@@]12C[C@H]1C=CCCCCC[C@H](NC(=O)OC1CCCC1)C(=O)N1C[C@H](Oc3nc4ccc(F)cc4c4ccccc34)C[C@H]1C(=O)N2. The number of pyridine rings is 1. The Labute approximate surface area is 296 Å². The molecule has 3 amide bonds. The van der Waals surface area contributed by atoms with E-state index in [1.165, 1.54) is 17.0 Å². The van der Waals surface area contributed by atoms with Gasteiger partial charge in [-0.1, -0.05) is 43.2 Å². The van der Waals surface area contributed by atoms with Gasteiger partial charge in [0.2, 0.25) is 17.7 Å². The van der Waals surface area contributed by atoms with Gasteiger partial charge in [-0.2, -0.15) is 0 Å². The summed E-state index contributed by atoms with van der Waals surface area (Å²) in [6.07, 6.45) is 10.2. The summed E-state index contributed by atoms with van der Waals surface area (Å²) in [5, 5.41) is 7.88. The van der Waals surface area contributed by atoms with Gasteiger partial charge in [0.25, 0.3) is 0 Å². The third-order valence-corrected chi connectivity index (χ3v) is 10.7. The van der Waals surface area contributed by atoms with Crippen molar-refractivity contribution in [2.75, 3.05) is 13.2 Å². The highest BCUT2D eigenvalue weighted by atomic mass is 19.1. The van der Waals surface area contributed by atoms with E-state index in [9.17, 15) is 23.6 Å². The van der Waals surface area contributed by atoms with E-state index in [1.807, 2.05) is 36.4 Å². The number of amides is 3. The largest absolute Gasteiger partial charge is 0.472 e. The van der Waals surface area contributed by atoms with Gasteiger partial charge in [-0.05, 0) is 87.9 Å². The molecular weight excluding hydrogens is 655 g/mol. The quantitative estimate of drug-likeness (QED) is 0.185. The number of alkyl carbamates (subject to hydrolysis) is 1. The molecule has 11 nitrogen and oxygen atoms in total. The topological polar surface area (TPSA) is 136 Å². The highest BCUT2D eigenvalue weighted by Crippen LogP contribution is 2.46. The minimum atomic E-state index is -1.22. The second-order valence-corrected chi connectivity index (χ2v) is 14.2. The van der Waals surface area contributed by atoms with Crippen LogP contribution in [0.2, 0.25) is 0 Å². The molecular formula is C39H45FN4O7. The Morgan fingerprint density at radius 1 is 1.00 bits per heavy atom. The summed E-state index contributed by atoms with van der Waals surface area (Å²) in [5.41, 5.74) is -0.674. The maximum Gasteiger partial charge on any atom is 0.408 e. The molecule has 0 bridgehead atoms. The molecule has 2 N–H and O–H groups in total. The van der Waals surface area contributed by atoms with Gasteiger partial charge in [-0.3, -0.25) is 9.59 Å². The Morgan fingerprint density at radius 2 is 1.78 bits per heavy atom. The lowest BCUT2D eigenvalue weighted by Crippen LogP contribution is -2.56. The van der Waals surface area contributed by atoms with Crippen LogP contribution < -0.4 is 15.4 Å². The van der Waals surface area contributed by atoms with Gasteiger partial charge in [0.15, 0.2) is 0 Å². The fourth-order valence-electron chi connectivity index (χ4n) is 7.87. The molecule has 3 fully saturated rings. The molecule has 5 atom stereocenters. The van der Waals surface area contributed by atoms with Crippen LogP contribution in [0.3, 0.4) is 0 Å². The Hall–Kier alpha value is -4.74. The molecule has 7 rings (SSSR count). The van der Waals surface area contributed by atoms with Gasteiger partial charge >= 0.3 is 12.1 Å². The molecule has 1 aromatic heterocycles. The van der Waals surface area contributed by atoms with Crippen LogP contribution in [-0.4, -0.2) is 76.7 Å². The van der Waals surface area contributed by atoms with Crippen molar-refractivity contribution in [2.24, 2.45) is 5.92 Å². The van der Waals surface area contributed by atoms with Crippen molar-refractivity contribution in [2.45, 2.75) is 107 Å². The molecule has 3 aromatic rings. The number of nitrogens with one attached hydrogen (secondary N) is 2. The Kier molecular flexibility index (Phi) is 10.1. The van der Waals surface area contributed by atoms with Crippen molar-refractivity contribution in [3.05, 3.63) is 60.4 Å². The number of rotatable bonds is 6. The number of carbonyl (C=O) groups excluding carboxylic acids is 4. The van der Waals surface area contributed by atoms with Crippen molar-refractivity contribution in [1.29, 1.82) is 0 Å². The van der Waals surface area contributed by atoms with Crippen LogP contribution in [0, 0.1) is 11.7 Å². The zero-order chi connectivity index (χ0) is 35.5. The van der Waals surface area contributed by atoms with Crippen molar-refractivity contribution < 1.29 is 37.8 Å². The van der Waals surface area contributed by atoms with Gasteiger partial charge in [-0.15, -0.1) is 0 Å². The van der Waals surface area contributed by atoms with E-state index in [2.05, 4.69) is 10.6 Å². The Balaban J connectivity index is 1.20. The lowest BCUT2D eigenvalue weighted by molar-refractivity contribution is -0.150. The third kappa shape index (κ3) is 7.36. The van der Waals surface area contributed by atoms with Crippen LogP contribution in [0.4, 0.5) is 9.18 Å². The summed E-state index contributed by atoms with van der Waals surface area (Å²) in [6, 6.07) is 9.86. The maximum atomic E-state index is 14.5. The second kappa shape index (κ2) is 14.9. The molecule has 0 unspecified atom stereocenters. The Morgan fingerprint density at radius 3 is 2.59 bits per heavy atom. The number of aromatic nitrogens is 1. The predicted octanol–water partition coefficient (Wildman–Crippen LogP) is 5.87. The van der Waals surface area contributed by atoms with Crippen LogP contribution in [0.5, 0.6) is 5.88 Å². The lowest BCUT2D eigenvalue weighted by Gasteiger charge is -2.29. The summed E-state index contributed by atoms with van der Waals surface area (Å²) in [7, 11) is 0. The number of esters is 1. The molecule has 2 aliphatic heterocycles. The second-order valence-electron chi connectivity index (χ2n) is 14.2. The van der Waals surface area contributed by atoms with Gasteiger partial charge in [-0.25, -0.2) is 19.0 Å². The molecule has 1 saturated heterocycles. The number of allylic oxidation sites excluding steroid dienone is 1. The molecule has 2 saturated carbocycles. The van der Waals surface area contributed by atoms with Crippen molar-refractivity contribution >= 4 is 45.6 Å². The Bertz CT molecular complexity index is 1840. The fraction of sp³-hybridized carbons (Fsp3) is 0.513. The van der Waals surface area contributed by atoms with E-state index in [-0.39, 0.29) is 37.4 Å². The van der Waals surface area contributed by atoms with Gasteiger partial charge < -0.3 is 29.7 Å². The molecule has 0 radical (unpaired) electrons. The van der Waals surface area contributed by atoms with E-state index in [1.54, 1.807) is 13.0 Å². The van der Waals surface area contributed by atoms with Gasteiger partial charge in [0.05, 0.1) is 18.7 Å². The molecule has 51 heavy (non-hydrogen) atoms. The average molecular weight is 701 g/mol. The van der Waals surface area contributed by atoms with Crippen molar-refractivity contribution in [3.63, 3.8) is 0 Å². The molecule has 4 aliphatic rings. The fourth-order valence-corrected chi connectivity index (χ4v) is 7.87. The van der Waals surface area contributed by atoms with Crippen LogP contribution in [0.15, 0.2) is 54.6 Å². The number of hydrogen-bond donors (Lipinski definition) is 2. The van der Waals surface area contributed by atoms with Gasteiger partial charge in [0, 0.05) is 23.1 Å². The highest BCUT2D eigenvalue weighted by molar-refractivity contribution is 6.07. The van der Waals surface area contributed by atoms with Crippen molar-refractivity contribution in [1.82, 2.24) is 20.5 Å². The van der Waals surface area contributed by atoms with Crippen LogP contribution >= 0.6 is 0 Å². The minimum absolute atomic E-state index is 0.0416. The lowest BCUT2D eigenvalue weighted by atomic mass is 10.0. The number of fused-ring (bicyclic) bond motifs is 5. The van der Waals surface area contributed by atoms with Crippen LogP contribution in [0.1, 0.15) is 77.6 Å². The van der Waals surface area contributed by atoms with E-state index in [0.29, 0.717) is 41.4 Å². The molecule has 12 heteroatoms. The molecule has 270 valence electrons. The first-order valence-corrected chi connectivity index (χ1v) is 18.3. The maximum absolute atomic E-state index is 14.5. The zero-order valence-electron chi connectivity index (χ0n) is 28.9. The highest BCUT2D eigenvalue weighted by Gasteiger charge is 2.62. The van der Waals surface area contributed by atoms with Crippen LogP contribution in [-0.2, 0) is 23.9 Å². The number of carbonyl (C=O) groups is 4. The standard InChI is InChI=1S/C39H45FN4O7/c1-2-49-37(47)39-22-24(39)12-6-4-3-5-7-17-32(42-38(48)51-26-13-8-9-14-26)36(46)44-23-27(21-33(44)34(45)43-39)50-35-29-16-11-10-15-28(29)30-20-25(40)18-19-31(30)41-35/h6,10-12,15-16,18-20,24,26-27,32-33H,2-5,7-9,13-14,17,21-23H2,1H3,(H,42,48)(H,43,45)/t24-,27-,32+,33+,39-/m1/s1. The van der Waals surface area contributed by atoms with Crippen LogP contribution in [0.25, 0.3) is 21.7 Å². The van der Waals surface area contributed by atoms with E-state index < -0.39 is 47.6 Å². The van der Waals surface area contributed by atoms with Crippen molar-refractivity contribution in [3.8, 4) is 5.88 Å². The first-order valence-electron chi connectivity index (χ1n) is 18.3. The summed E-state index contributed by atoms with van der Waals surface area (Å²) >= 11 is 0. The number of nitrogens with zero attached hydrogens (tertiary/aromatic N) is 2. The number of halogens is 1. The molecule has 3 heterocycles. The van der Waals surface area contributed by atoms with Gasteiger partial charge in [0.1, 0.15) is 35.6 Å². The first-order chi connectivity index (χ1) is 24.8. The minimum Gasteiger partial charge on any atom is -0.472 e. The van der Waals surface area contributed by atoms with E-state index >= 15 is 0 Å². The number of hydrogen-bond acceptors (Lipinski definition) is 8. The third-order valence-electron chi connectivity index (χ3n) is 10.7. The first kappa shape index (κ1) is 34.7. The molecule has 0 spiro atoms. The summed E-state index contributed by atoms with van der Waals surface area (Å²) < 4.78 is 31.8. The van der Waals surface area contributed by atoms with E-state index in [4.69, 9.17) is 19.2 Å². The monoisotopic (exact) mass is 700 g/mol. The summed E-state index contributed by atoms with van der Waals surface area (Å²) in [4.78, 5) is 61.3. The zero-order valence-corrected chi connectivity index (χ0v) is 28.9. The van der Waals surface area contributed by atoms with E-state index in [0.717, 1.165) is 50.3 Å². The smallest absolute Gasteiger partial charge is 0.408 e. The predicted molar refractivity (Wildman–Crippen MR) is 187 cm³/mol. The normalized spacial score (nSPS) is 27.2. The number of benzene rings is 2. The summed E-state index contributed by atoms with van der Waals surface area (Å²) in [5.74, 6) is -1.71. The number of ether oxygens (including phenoxy) is 3. The average Bonchev–Trinajstić information content (AvgIpc) is 3.40. The molecule has 2 aliphatic carbocycles. The summed E-state index contributed by atoms with van der Waals surface area (Å²) in [6.45, 7) is 1.93. The molecule has 2 aromatic carbocycles.